The topological polar surface area (TPSA) is 52.0 Å². The van der Waals surface area contributed by atoms with Crippen LogP contribution in [0.4, 0.5) is 11.4 Å². The summed E-state index contributed by atoms with van der Waals surface area (Å²) in [5.74, 6) is 0. The van der Waals surface area contributed by atoms with Gasteiger partial charge in [0.1, 0.15) is 0 Å². The summed E-state index contributed by atoms with van der Waals surface area (Å²) in [7, 11) is 108. The molecule has 1 unspecified atom stereocenters. The summed E-state index contributed by atoms with van der Waals surface area (Å²) >= 11 is 9.64. The highest BCUT2D eigenvalue weighted by molar-refractivity contribution is 8.83. The van der Waals surface area contributed by atoms with Crippen LogP contribution in [0.2, 0.25) is 0 Å². The van der Waals surface area contributed by atoms with E-state index in [0.717, 1.165) is 0 Å². The molecule has 4 N–H and O–H groups in total. The first kappa shape index (κ1) is 74.2. The van der Waals surface area contributed by atoms with Gasteiger partial charge in [0.15, 0.2) is 0 Å². The van der Waals surface area contributed by atoms with E-state index in [2.05, 4.69) is 0 Å². The molecule has 466 valence electrons. The van der Waals surface area contributed by atoms with Crippen molar-refractivity contribution >= 4 is 567 Å². The Hall–Kier alpha value is 12.5. The maximum Gasteiger partial charge on any atom is 0.0589 e. The summed E-state index contributed by atoms with van der Waals surface area (Å²) in [5.41, 5.74) is 6.05. The highest BCUT2D eigenvalue weighted by Crippen LogP contribution is 2.63. The summed E-state index contributed by atoms with van der Waals surface area (Å²) < 4.78 is 73.4. The molecule has 64 heteroatoms. The van der Waals surface area contributed by atoms with Crippen molar-refractivity contribution < 1.29 is 12.3 Å². The van der Waals surface area contributed by atoms with Crippen LogP contribution in [0.15, 0.2) is 12.1 Å². The van der Waals surface area contributed by atoms with E-state index in [0.29, 0.717) is 0 Å². The number of fused-ring (bicyclic) bond motifs is 1. The van der Waals surface area contributed by atoms with E-state index in [1.54, 1.807) is 107 Å². The van der Waals surface area contributed by atoms with Gasteiger partial charge in [0, 0.05) is 568 Å². The molecule has 1 aliphatic rings. The summed E-state index contributed by atoms with van der Waals surface area (Å²) in [4.78, 5) is 0. The van der Waals surface area contributed by atoms with Gasteiger partial charge in [-0.3, -0.25) is 0 Å². The second-order valence-electron chi connectivity index (χ2n) is 9.57. The maximum atomic E-state index is 8.16. The van der Waals surface area contributed by atoms with Crippen molar-refractivity contribution in [2.45, 2.75) is 52.2 Å². The quantitative estimate of drug-likeness (QED) is 0.393. The van der Waals surface area contributed by atoms with Crippen molar-refractivity contribution in [3.05, 3.63) is 23.3 Å². The molecule has 1 atom stereocenters. The molecule has 0 spiro atoms. The number of hydrogen-bond donors (Lipinski definition) is 2. The number of benzene rings is 1. The molecule has 0 amide bonds. The minimum Gasteiger partial charge on any atom is -0.397 e. The smallest absolute Gasteiger partial charge is 0.0589 e. The Balaban J connectivity index is 0.00000122. The second-order valence-corrected chi connectivity index (χ2v) is 116. The molecule has 0 saturated carbocycles. The van der Waals surface area contributed by atoms with E-state index < -0.39 is 36.8 Å². The third-order valence-electron chi connectivity index (χ3n) is 5.95. The predicted molar refractivity (Wildman–Crippen MR) is 532 cm³/mol. The first-order valence-electron chi connectivity index (χ1n) is 20.2. The molecule has 79 heavy (non-hydrogen) atoms. The summed E-state index contributed by atoms with van der Waals surface area (Å²) in [6.45, 7) is -4.91. The molecule has 0 aromatic heterocycles. The molecule has 0 fully saturated rings. The van der Waals surface area contributed by atoms with E-state index in [4.69, 9.17) is 46.2 Å². The lowest BCUT2D eigenvalue weighted by atomic mass is 9.59. The van der Waals surface area contributed by atoms with E-state index >= 15 is 0 Å². The van der Waals surface area contributed by atoms with Crippen molar-refractivity contribution in [3.63, 3.8) is 0 Å². The van der Waals surface area contributed by atoms with Gasteiger partial charge in [0.05, 0.1) is 11.4 Å². The van der Waals surface area contributed by atoms with Crippen molar-refractivity contribution in [1.82, 2.24) is 0 Å². The molecule has 0 saturated heterocycles. The van der Waals surface area contributed by atoms with E-state index in [9.17, 15) is 0 Å². The van der Waals surface area contributed by atoms with Gasteiger partial charge in [0.25, 0.3) is 0 Å². The normalized spacial score (nSPS) is 14.5. The van der Waals surface area contributed by atoms with Crippen LogP contribution in [0.25, 0.3) is 0 Å². The average molecular weight is 2230 g/mol. The molecule has 0 heterocycles. The second kappa shape index (κ2) is 66.3. The Morgan fingerprint density at radius 3 is 0.608 bits per heavy atom. The lowest BCUT2D eigenvalue weighted by molar-refractivity contribution is 0.125. The number of anilines is 2. The molecule has 0 radical (unpaired) electrons. The zero-order valence-electron chi connectivity index (χ0n) is 44.6. The molecule has 1 aromatic rings. The SMILES string of the molecule is S=S=S=S=S=S=S=S=S=S=S=S=S=S=S=S=S=S=S=S=S=S=S=S=S=S=S=S=S=S=S=S=S=S=S=S=S=S=S=S=S=S=S=S=S=S=S=S=S=S=S=S=S=S=S=S=S=S=S=S=S=S.[2H]C([2H])([2H])C1(C)C(C)(C)c2c(ccc(N)c2N)C1(C([2H])([2H])[2H])C([2H])([2H])[2H]. The number of rotatable bonds is 0. The van der Waals surface area contributed by atoms with Gasteiger partial charge in [-0.15, -0.1) is 0 Å². The minimum absolute atomic E-state index is 0.0263. The van der Waals surface area contributed by atoms with Gasteiger partial charge in [0.2, 0.25) is 0 Å². The van der Waals surface area contributed by atoms with E-state index in [-0.39, 0.29) is 22.5 Å². The summed E-state index contributed by atoms with van der Waals surface area (Å²) in [6, 6.07) is 2.64. The van der Waals surface area contributed by atoms with Gasteiger partial charge in [-0.25, -0.2) is 0 Å². The van der Waals surface area contributed by atoms with E-state index in [1.807, 2.05) is 409 Å². The predicted octanol–water partition coefficient (Wildman–Crippen LogP) is 3.30. The van der Waals surface area contributed by atoms with Gasteiger partial charge < -0.3 is 11.5 Å². The lowest BCUT2D eigenvalue weighted by Gasteiger charge is -2.44. The van der Waals surface area contributed by atoms with Crippen LogP contribution in [0, 0.1) is 5.41 Å². The Labute approximate surface area is 653 Å². The fourth-order valence-corrected chi connectivity index (χ4v) is 162. The van der Waals surface area contributed by atoms with Gasteiger partial charge >= 0.3 is 0 Å². The molecule has 0 bridgehead atoms. The summed E-state index contributed by atoms with van der Waals surface area (Å²) in [6.07, 6.45) is 0. The molecular weight excluding hydrogens is 2200 g/mol. The Kier molecular flexibility index (Phi) is 62.3. The molecule has 2 nitrogen and oxygen atoms in total. The van der Waals surface area contributed by atoms with Gasteiger partial charge in [-0.05, 0) is 33.4 Å². The Bertz CT molecular complexity index is 5470. The van der Waals surface area contributed by atoms with Crippen LogP contribution < -0.4 is 11.5 Å². The Morgan fingerprint density at radius 1 is 0.278 bits per heavy atom. The molecule has 1 aliphatic carbocycles. The molecule has 2 rings (SSSR count). The van der Waals surface area contributed by atoms with Crippen molar-refractivity contribution in [1.29, 1.82) is 0 Å². The molecule has 0 aliphatic heterocycles. The van der Waals surface area contributed by atoms with Crippen LogP contribution >= 0.6 is 0 Å². The number of hydrogen-bond acceptors (Lipinski definition) is 4. The highest BCUT2D eigenvalue weighted by atomic mass is 33.5. The zero-order valence-corrected chi connectivity index (χ0v) is 86.2. The summed E-state index contributed by atoms with van der Waals surface area (Å²) in [5, 5.41) is 0. The third-order valence-corrected chi connectivity index (χ3v) is 137. The zero-order chi connectivity index (χ0) is 65.2. The maximum absolute atomic E-state index is 8.16. The number of nitrogens with two attached hydrogens (primary N) is 2. The van der Waals surface area contributed by atoms with Crippen LogP contribution in [0.3, 0.4) is 0 Å². The first-order chi connectivity index (χ1) is 42.2. The molecular formula is C15H24N2S62. The fourth-order valence-electron chi connectivity index (χ4n) is 3.27. The number of nitrogen functional groups attached to an aromatic ring is 2. The van der Waals surface area contributed by atoms with Crippen molar-refractivity contribution in [2.75, 3.05) is 11.5 Å². The fraction of sp³-hybridized carbons (Fsp3) is 0.600. The molecule has 1 aromatic carbocycles. The minimum atomic E-state index is -3.13. The monoisotopic (exact) mass is 2220 g/mol. The van der Waals surface area contributed by atoms with Crippen molar-refractivity contribution in [2.24, 2.45) is 5.41 Å². The largest absolute Gasteiger partial charge is 0.397 e. The lowest BCUT2D eigenvalue weighted by Crippen LogP contribution is -2.42. The highest BCUT2D eigenvalue weighted by Gasteiger charge is 2.57. The Morgan fingerprint density at radius 2 is 0.456 bits per heavy atom. The van der Waals surface area contributed by atoms with Crippen LogP contribution in [-0.2, 0) is 566 Å². The standard InChI is InChI=1S/C15H24N2.S62/c1-13(2)9-7-8-10(16)12(17)11(9)14(3,4)15(13,5)6;1-3-5-7-9-11-13-15-17-19-21-23-25-27-29-31-33-35-37-39-41-43-45-47-49-51-53-55-57-59-61-62-60-58-56-54-52-50-48-46-44-42-40-38-36-34-32-30-28-26-24-22-20-18-16-14-12-10-8-6-4-2/h7-8H,16-17H2,1-6H3;/i1D3,2D3,5D3;. The van der Waals surface area contributed by atoms with Crippen LogP contribution in [0.1, 0.15) is 64.8 Å². The van der Waals surface area contributed by atoms with E-state index in [1.165, 1.54) is 50.7 Å². The van der Waals surface area contributed by atoms with Gasteiger partial charge in [-0.1, -0.05) is 47.4 Å². The third kappa shape index (κ3) is 50.4. The van der Waals surface area contributed by atoms with Crippen LogP contribution in [-0.4, -0.2) is 0 Å². The van der Waals surface area contributed by atoms with Crippen LogP contribution in [0.5, 0.6) is 0 Å². The van der Waals surface area contributed by atoms with Crippen molar-refractivity contribution in [3.8, 4) is 0 Å². The first-order valence-corrected chi connectivity index (χ1v) is 97.0. The average Bonchev–Trinajstić information content (AvgIpc) is 1.46. The van der Waals surface area contributed by atoms with Gasteiger partial charge in [-0.2, -0.15) is 0 Å².